The number of nitrogens with two attached hydrogens (primary N) is 1. The number of benzene rings is 1. The fourth-order valence-corrected chi connectivity index (χ4v) is 1.45. The summed E-state index contributed by atoms with van der Waals surface area (Å²) < 4.78 is 3.88. The van der Waals surface area contributed by atoms with Gasteiger partial charge < -0.3 is 5.73 Å². The van der Waals surface area contributed by atoms with E-state index < -0.39 is 0 Å². The van der Waals surface area contributed by atoms with Crippen molar-refractivity contribution in [1.29, 1.82) is 0 Å². The van der Waals surface area contributed by atoms with Crippen molar-refractivity contribution in [3.63, 3.8) is 0 Å². The number of fused-ring (bicyclic) bond motifs is 1. The summed E-state index contributed by atoms with van der Waals surface area (Å²) >= 11 is 0. The summed E-state index contributed by atoms with van der Waals surface area (Å²) in [5.41, 5.74) is 6.40. The number of aromatic nitrogens is 1. The molecule has 13 heavy (non-hydrogen) atoms. The molecule has 0 amide bonds. The second-order valence-electron chi connectivity index (χ2n) is 2.73. The predicted molar refractivity (Wildman–Crippen MR) is 56.6 cm³/mol. The minimum Gasteiger partial charge on any atom is -0.399 e. The van der Waals surface area contributed by atoms with E-state index in [0.29, 0.717) is 5.82 Å². The highest BCUT2D eigenvalue weighted by atomic mass is 31.0. The first-order chi connectivity index (χ1) is 6.31. The lowest BCUT2D eigenvalue weighted by atomic mass is 10.1. The Morgan fingerprint density at radius 1 is 1.31 bits per heavy atom. The normalized spacial score (nSPS) is 10.2. The lowest BCUT2D eigenvalue weighted by Gasteiger charge is -2.00. The van der Waals surface area contributed by atoms with Gasteiger partial charge in [-0.25, -0.2) is 9.73 Å². The molecule has 0 aliphatic carbocycles. The Hall–Kier alpha value is -1.47. The van der Waals surface area contributed by atoms with Gasteiger partial charge in [-0.3, -0.25) is 0 Å². The third kappa shape index (κ3) is 1.38. The maximum Gasteiger partial charge on any atom is 0.163 e. The largest absolute Gasteiger partial charge is 0.399 e. The van der Waals surface area contributed by atoms with Gasteiger partial charge in [0.05, 0.1) is 0 Å². The second kappa shape index (κ2) is 3.11. The van der Waals surface area contributed by atoms with Crippen LogP contribution in [0.1, 0.15) is 0 Å². The van der Waals surface area contributed by atoms with Gasteiger partial charge in [-0.05, 0) is 38.7 Å². The molecular weight excluding hydrogens is 181 g/mol. The first kappa shape index (κ1) is 8.14. The average Bonchev–Trinajstić information content (AvgIpc) is 2.16. The quantitative estimate of drug-likeness (QED) is 0.553. The smallest absolute Gasteiger partial charge is 0.163 e. The van der Waals surface area contributed by atoms with Crippen LogP contribution in [0, 0.1) is 0 Å². The van der Waals surface area contributed by atoms with Gasteiger partial charge in [-0.15, -0.1) is 0 Å². The van der Waals surface area contributed by atoms with Crippen LogP contribution in [-0.2, 0) is 0 Å². The number of hydrogen-bond acceptors (Lipinski definition) is 3. The van der Waals surface area contributed by atoms with Gasteiger partial charge in [-0.1, -0.05) is 0 Å². The second-order valence-corrected chi connectivity index (χ2v) is 2.95. The molecule has 0 aliphatic heterocycles. The molecule has 0 fully saturated rings. The van der Waals surface area contributed by atoms with Crippen LogP contribution in [0.3, 0.4) is 0 Å². The zero-order valence-corrected chi connectivity index (χ0v) is 7.86. The van der Waals surface area contributed by atoms with E-state index in [1.165, 1.54) is 0 Å². The Morgan fingerprint density at radius 2 is 2.15 bits per heavy atom. The molecule has 0 atom stereocenters. The van der Waals surface area contributed by atoms with E-state index in [1.54, 1.807) is 6.20 Å². The zero-order chi connectivity index (χ0) is 9.26. The molecule has 3 nitrogen and oxygen atoms in total. The molecule has 2 rings (SSSR count). The fraction of sp³-hybridized carbons (Fsp3) is 0. The van der Waals surface area contributed by atoms with Gasteiger partial charge in [0, 0.05) is 17.3 Å². The first-order valence-electron chi connectivity index (χ1n) is 3.83. The van der Waals surface area contributed by atoms with Crippen LogP contribution >= 0.6 is 9.03 Å². The summed E-state index contributed by atoms with van der Waals surface area (Å²) in [6.07, 6.45) is 1.71. The number of nitrogens with zero attached hydrogens (tertiary/aromatic N) is 2. The third-order valence-electron chi connectivity index (χ3n) is 1.87. The van der Waals surface area contributed by atoms with E-state index in [-0.39, 0.29) is 0 Å². The molecule has 64 valence electrons. The SMILES string of the molecule is Nc1ccc2c(N=P)nccc2c1. The van der Waals surface area contributed by atoms with Gasteiger partial charge in [0.15, 0.2) is 5.82 Å². The Labute approximate surface area is 77.9 Å². The summed E-state index contributed by atoms with van der Waals surface area (Å²) in [6, 6.07) is 7.56. The van der Waals surface area contributed by atoms with Gasteiger partial charge in [0.25, 0.3) is 0 Å². The topological polar surface area (TPSA) is 51.3 Å². The monoisotopic (exact) mass is 189 g/mol. The van der Waals surface area contributed by atoms with E-state index in [4.69, 9.17) is 5.73 Å². The fourth-order valence-electron chi connectivity index (χ4n) is 1.27. The van der Waals surface area contributed by atoms with Crippen LogP contribution in [0.2, 0.25) is 0 Å². The van der Waals surface area contributed by atoms with E-state index in [1.807, 2.05) is 24.3 Å². The van der Waals surface area contributed by atoms with E-state index >= 15 is 0 Å². The molecule has 2 aromatic rings. The van der Waals surface area contributed by atoms with Gasteiger partial charge in [-0.2, -0.15) is 0 Å². The van der Waals surface area contributed by atoms with Crippen molar-refractivity contribution in [2.24, 2.45) is 4.74 Å². The number of pyridine rings is 1. The standard InChI is InChI=1S/C9H8N3P/c10-7-1-2-8-6(5-7)3-4-11-9(8)12-13/h1-5,13H,10H2. The zero-order valence-electron chi connectivity index (χ0n) is 6.86. The number of rotatable bonds is 1. The first-order valence-corrected chi connectivity index (χ1v) is 4.27. The molecule has 0 saturated heterocycles. The number of anilines is 1. The molecule has 0 unspecified atom stereocenters. The van der Waals surface area contributed by atoms with Crippen molar-refractivity contribution in [3.8, 4) is 0 Å². The lowest BCUT2D eigenvalue weighted by molar-refractivity contribution is 1.32. The van der Waals surface area contributed by atoms with Crippen LogP contribution in [0.4, 0.5) is 11.5 Å². The summed E-state index contributed by atoms with van der Waals surface area (Å²) in [6.45, 7) is 0. The third-order valence-corrected chi connectivity index (χ3v) is 2.09. The van der Waals surface area contributed by atoms with E-state index in [2.05, 4.69) is 18.8 Å². The molecule has 1 heterocycles. The van der Waals surface area contributed by atoms with Crippen molar-refractivity contribution in [3.05, 3.63) is 30.5 Å². The molecule has 0 aliphatic rings. The molecule has 0 radical (unpaired) electrons. The minimum atomic E-state index is 0.675. The molecule has 2 N–H and O–H groups in total. The lowest BCUT2D eigenvalue weighted by Crippen LogP contribution is -1.84. The molecular formula is C9H8N3P. The summed E-state index contributed by atoms with van der Waals surface area (Å²) in [4.78, 5) is 4.10. The molecule has 4 heteroatoms. The Morgan fingerprint density at radius 3 is 2.92 bits per heavy atom. The Balaban J connectivity index is 2.84. The maximum absolute atomic E-state index is 5.65. The van der Waals surface area contributed by atoms with Crippen LogP contribution < -0.4 is 5.73 Å². The Kier molecular flexibility index (Phi) is 1.95. The number of hydrogen-bond donors (Lipinski definition) is 1. The van der Waals surface area contributed by atoms with E-state index in [9.17, 15) is 0 Å². The number of nitrogen functional groups attached to an aromatic ring is 1. The highest BCUT2D eigenvalue weighted by Crippen LogP contribution is 2.25. The van der Waals surface area contributed by atoms with Crippen molar-refractivity contribution < 1.29 is 0 Å². The van der Waals surface area contributed by atoms with Crippen LogP contribution in [0.25, 0.3) is 10.8 Å². The molecule has 0 spiro atoms. The van der Waals surface area contributed by atoms with Crippen LogP contribution in [-0.4, -0.2) is 4.98 Å². The molecule has 1 aromatic heterocycles. The highest BCUT2D eigenvalue weighted by Gasteiger charge is 1.99. The van der Waals surface area contributed by atoms with Crippen LogP contribution in [0.5, 0.6) is 0 Å². The Bertz CT molecular complexity index is 467. The summed E-state index contributed by atoms with van der Waals surface area (Å²) in [5, 5.41) is 2.04. The van der Waals surface area contributed by atoms with Crippen molar-refractivity contribution in [1.82, 2.24) is 4.98 Å². The average molecular weight is 189 g/mol. The van der Waals surface area contributed by atoms with Crippen molar-refractivity contribution in [2.75, 3.05) is 5.73 Å². The maximum atomic E-state index is 5.65. The highest BCUT2D eigenvalue weighted by molar-refractivity contribution is 7.04. The van der Waals surface area contributed by atoms with Crippen molar-refractivity contribution >= 4 is 31.3 Å². The summed E-state index contributed by atoms with van der Waals surface area (Å²) in [5.74, 6) is 0.675. The van der Waals surface area contributed by atoms with Crippen molar-refractivity contribution in [2.45, 2.75) is 0 Å². The van der Waals surface area contributed by atoms with Gasteiger partial charge in [0.2, 0.25) is 0 Å². The summed E-state index contributed by atoms with van der Waals surface area (Å²) in [7, 11) is 3.08. The van der Waals surface area contributed by atoms with Gasteiger partial charge >= 0.3 is 0 Å². The minimum absolute atomic E-state index is 0.675. The predicted octanol–water partition coefficient (Wildman–Crippen LogP) is 2.77. The van der Waals surface area contributed by atoms with Gasteiger partial charge in [0.1, 0.15) is 0 Å². The molecule has 0 bridgehead atoms. The van der Waals surface area contributed by atoms with Crippen LogP contribution in [0.15, 0.2) is 35.2 Å². The van der Waals surface area contributed by atoms with E-state index in [0.717, 1.165) is 16.5 Å². The molecule has 0 saturated carbocycles. The molecule has 1 aromatic carbocycles.